The minimum Gasteiger partial charge on any atom is -0.369 e. The van der Waals surface area contributed by atoms with Crippen LogP contribution in [0.1, 0.15) is 15.9 Å². The van der Waals surface area contributed by atoms with Crippen molar-refractivity contribution in [2.24, 2.45) is 0 Å². The summed E-state index contributed by atoms with van der Waals surface area (Å²) >= 11 is 0. The van der Waals surface area contributed by atoms with Gasteiger partial charge in [-0.2, -0.15) is 10.2 Å². The molecule has 6 heteroatoms. The van der Waals surface area contributed by atoms with E-state index < -0.39 is 0 Å². The molecule has 3 aromatic rings. The number of anilines is 2. The summed E-state index contributed by atoms with van der Waals surface area (Å²) < 4.78 is 0. The van der Waals surface area contributed by atoms with Gasteiger partial charge in [-0.1, -0.05) is 36.4 Å². The van der Waals surface area contributed by atoms with Crippen LogP contribution < -0.4 is 10.2 Å². The van der Waals surface area contributed by atoms with Gasteiger partial charge in [0.25, 0.3) is 5.91 Å². The van der Waals surface area contributed by atoms with Crippen molar-refractivity contribution in [3.63, 3.8) is 0 Å². The van der Waals surface area contributed by atoms with Crippen LogP contribution >= 0.6 is 0 Å². The number of nitrogens with one attached hydrogen (secondary N) is 1. The molecule has 6 nitrogen and oxygen atoms in total. The van der Waals surface area contributed by atoms with Gasteiger partial charge >= 0.3 is 0 Å². The molecule has 0 aliphatic carbocycles. The van der Waals surface area contributed by atoms with Gasteiger partial charge in [0.1, 0.15) is 0 Å². The van der Waals surface area contributed by atoms with E-state index in [-0.39, 0.29) is 5.91 Å². The predicted octanol–water partition coefficient (Wildman–Crippen LogP) is 3.09. The average Bonchev–Trinajstić information content (AvgIpc) is 2.80. The maximum absolute atomic E-state index is 12.4. The highest BCUT2D eigenvalue weighted by atomic mass is 16.1. The van der Waals surface area contributed by atoms with E-state index in [9.17, 15) is 4.79 Å². The van der Waals surface area contributed by atoms with Gasteiger partial charge in [-0.15, -0.1) is 0 Å². The Bertz CT molecular complexity index is 924. The van der Waals surface area contributed by atoms with E-state index in [0.29, 0.717) is 5.56 Å². The zero-order valence-corrected chi connectivity index (χ0v) is 16.4. The maximum atomic E-state index is 12.4. The van der Waals surface area contributed by atoms with Gasteiger partial charge in [0.2, 0.25) is 0 Å². The molecule has 148 valence electrons. The van der Waals surface area contributed by atoms with Crippen molar-refractivity contribution < 1.29 is 4.79 Å². The fourth-order valence-corrected chi connectivity index (χ4v) is 3.63. The van der Waals surface area contributed by atoms with Crippen LogP contribution in [0.15, 0.2) is 73.1 Å². The Morgan fingerprint density at radius 2 is 1.66 bits per heavy atom. The fraction of sp³-hybridized carbons (Fsp3) is 0.261. The van der Waals surface area contributed by atoms with Crippen molar-refractivity contribution in [3.05, 3.63) is 84.2 Å². The molecule has 0 saturated carbocycles. The van der Waals surface area contributed by atoms with Gasteiger partial charge in [-0.05, 0) is 36.2 Å². The quantitative estimate of drug-likeness (QED) is 0.704. The minimum atomic E-state index is -0.163. The lowest BCUT2D eigenvalue weighted by Crippen LogP contribution is -2.47. The first-order valence-electron chi connectivity index (χ1n) is 9.98. The Morgan fingerprint density at radius 3 is 2.41 bits per heavy atom. The van der Waals surface area contributed by atoms with Crippen LogP contribution in [0.2, 0.25) is 0 Å². The van der Waals surface area contributed by atoms with Crippen LogP contribution in [-0.2, 0) is 6.42 Å². The third-order valence-corrected chi connectivity index (χ3v) is 5.30. The zero-order chi connectivity index (χ0) is 19.9. The standard InChI is InChI=1S/C23H25N5O/c29-23(20-10-12-24-25-18-20)26-22-9-5-4-6-19(22)11-13-27-14-16-28(17-15-27)21-7-2-1-3-8-21/h1-10,12,18H,11,13-17H2,(H,26,29). The van der Waals surface area contributed by atoms with E-state index in [1.54, 1.807) is 6.07 Å². The number of amides is 1. The van der Waals surface area contributed by atoms with Crippen LogP contribution in [0.25, 0.3) is 0 Å². The van der Waals surface area contributed by atoms with E-state index in [2.05, 4.69) is 61.7 Å². The van der Waals surface area contributed by atoms with Crippen molar-refractivity contribution >= 4 is 17.3 Å². The first kappa shape index (κ1) is 19.1. The van der Waals surface area contributed by atoms with Gasteiger partial charge in [0, 0.05) is 44.1 Å². The molecule has 29 heavy (non-hydrogen) atoms. The summed E-state index contributed by atoms with van der Waals surface area (Å²) in [7, 11) is 0. The van der Waals surface area contributed by atoms with Crippen molar-refractivity contribution in [2.75, 3.05) is 42.9 Å². The first-order chi connectivity index (χ1) is 14.3. The Balaban J connectivity index is 1.32. The average molecular weight is 387 g/mol. The Labute approximate surface area is 171 Å². The second-order valence-electron chi connectivity index (χ2n) is 7.16. The van der Waals surface area contributed by atoms with Gasteiger partial charge in [-0.3, -0.25) is 9.69 Å². The molecule has 0 unspecified atom stereocenters. The van der Waals surface area contributed by atoms with Gasteiger partial charge in [-0.25, -0.2) is 0 Å². The highest BCUT2D eigenvalue weighted by Gasteiger charge is 2.17. The van der Waals surface area contributed by atoms with Crippen LogP contribution in [0.3, 0.4) is 0 Å². The number of carbonyl (C=O) groups excluding carboxylic acids is 1. The zero-order valence-electron chi connectivity index (χ0n) is 16.4. The molecule has 1 fully saturated rings. The molecule has 4 rings (SSSR count). The van der Waals surface area contributed by atoms with Crippen LogP contribution in [0.4, 0.5) is 11.4 Å². The fourth-order valence-electron chi connectivity index (χ4n) is 3.63. The molecular formula is C23H25N5O. The molecule has 1 N–H and O–H groups in total. The summed E-state index contributed by atoms with van der Waals surface area (Å²) in [6.45, 7) is 5.15. The summed E-state index contributed by atoms with van der Waals surface area (Å²) in [6, 6.07) is 20.3. The topological polar surface area (TPSA) is 61.4 Å². The van der Waals surface area contributed by atoms with Gasteiger partial charge in [0.05, 0.1) is 18.0 Å². The molecule has 1 aliphatic rings. The van der Waals surface area contributed by atoms with Gasteiger partial charge in [0.15, 0.2) is 0 Å². The summed E-state index contributed by atoms with van der Waals surface area (Å²) in [4.78, 5) is 17.4. The Kier molecular flexibility index (Phi) is 6.12. The molecule has 1 amide bonds. The lowest BCUT2D eigenvalue weighted by molar-refractivity contribution is 0.102. The molecular weight excluding hydrogens is 362 g/mol. The highest BCUT2D eigenvalue weighted by Crippen LogP contribution is 2.19. The number of piperazine rings is 1. The summed E-state index contributed by atoms with van der Waals surface area (Å²) in [5.74, 6) is -0.163. The molecule has 0 atom stereocenters. The van der Waals surface area contributed by atoms with Crippen molar-refractivity contribution in [1.29, 1.82) is 0 Å². The number of para-hydroxylation sites is 2. The Morgan fingerprint density at radius 1 is 0.897 bits per heavy atom. The molecule has 0 radical (unpaired) electrons. The summed E-state index contributed by atoms with van der Waals surface area (Å²) in [6.07, 6.45) is 3.90. The SMILES string of the molecule is O=C(Nc1ccccc1CCN1CCN(c2ccccc2)CC1)c1ccnnc1. The van der Waals surface area contributed by atoms with Crippen LogP contribution in [-0.4, -0.2) is 53.7 Å². The molecule has 0 bridgehead atoms. The van der Waals surface area contributed by atoms with Crippen LogP contribution in [0, 0.1) is 0 Å². The van der Waals surface area contributed by atoms with Crippen molar-refractivity contribution in [3.8, 4) is 0 Å². The maximum Gasteiger partial charge on any atom is 0.257 e. The second-order valence-corrected chi connectivity index (χ2v) is 7.16. The third kappa shape index (κ3) is 4.97. The summed E-state index contributed by atoms with van der Waals surface area (Å²) in [5.41, 5.74) is 3.81. The number of rotatable bonds is 6. The lowest BCUT2D eigenvalue weighted by Gasteiger charge is -2.36. The van der Waals surface area contributed by atoms with E-state index in [1.165, 1.54) is 18.1 Å². The number of benzene rings is 2. The molecule has 1 aromatic heterocycles. The van der Waals surface area contributed by atoms with Crippen molar-refractivity contribution in [1.82, 2.24) is 15.1 Å². The molecule has 2 aromatic carbocycles. The highest BCUT2D eigenvalue weighted by molar-refractivity contribution is 6.04. The van der Waals surface area contributed by atoms with E-state index in [1.807, 2.05) is 18.2 Å². The van der Waals surface area contributed by atoms with E-state index in [4.69, 9.17) is 0 Å². The molecule has 1 aliphatic heterocycles. The normalized spacial score (nSPS) is 14.6. The molecule has 0 spiro atoms. The third-order valence-electron chi connectivity index (χ3n) is 5.30. The smallest absolute Gasteiger partial charge is 0.257 e. The number of hydrogen-bond acceptors (Lipinski definition) is 5. The number of nitrogens with zero attached hydrogens (tertiary/aromatic N) is 4. The first-order valence-corrected chi connectivity index (χ1v) is 9.98. The number of aromatic nitrogens is 2. The monoisotopic (exact) mass is 387 g/mol. The largest absolute Gasteiger partial charge is 0.369 e. The minimum absolute atomic E-state index is 0.163. The predicted molar refractivity (Wildman–Crippen MR) is 115 cm³/mol. The van der Waals surface area contributed by atoms with Gasteiger partial charge < -0.3 is 10.2 Å². The summed E-state index contributed by atoms with van der Waals surface area (Å²) in [5, 5.41) is 10.5. The van der Waals surface area contributed by atoms with E-state index >= 15 is 0 Å². The molecule has 1 saturated heterocycles. The second kappa shape index (κ2) is 9.30. The molecule has 2 heterocycles. The van der Waals surface area contributed by atoms with Crippen molar-refractivity contribution in [2.45, 2.75) is 6.42 Å². The van der Waals surface area contributed by atoms with Crippen LogP contribution in [0.5, 0.6) is 0 Å². The number of hydrogen-bond donors (Lipinski definition) is 1. The number of carbonyl (C=O) groups is 1. The van der Waals surface area contributed by atoms with E-state index in [0.717, 1.165) is 50.4 Å². The lowest BCUT2D eigenvalue weighted by atomic mass is 10.1. The Hall–Kier alpha value is -3.25.